The number of carbonyl (C=O) groups is 1. The van der Waals surface area contributed by atoms with Gasteiger partial charge in [-0.3, -0.25) is 14.3 Å². The minimum atomic E-state index is -0.869. The van der Waals surface area contributed by atoms with Gasteiger partial charge in [-0.15, -0.1) is 10.2 Å². The van der Waals surface area contributed by atoms with E-state index in [0.29, 0.717) is 12.0 Å². The standard InChI is InChI=1S/C16H12Cl3N5O5/c1-2-10(25)7-5-11(22-23-13(7)19)28-12-8(17)3-6(4-9(12)18)20-15(26)14-21-16(27)29-24-14/h3-5,10,25H,2H2,1H3,(H,20,26)(H,21,24,27)/t10-/m1/s1. The number of ether oxygens (including phenoxy) is 1. The van der Waals surface area contributed by atoms with Gasteiger partial charge in [0.1, 0.15) is 0 Å². The Morgan fingerprint density at radius 3 is 2.55 bits per heavy atom. The molecule has 13 heteroatoms. The third-order valence-corrected chi connectivity index (χ3v) is 4.47. The molecule has 3 rings (SSSR count). The predicted molar refractivity (Wildman–Crippen MR) is 104 cm³/mol. The first-order valence-electron chi connectivity index (χ1n) is 8.04. The van der Waals surface area contributed by atoms with Crippen molar-refractivity contribution in [3.63, 3.8) is 0 Å². The number of H-pyrrole nitrogens is 1. The lowest BCUT2D eigenvalue weighted by Crippen LogP contribution is -2.15. The van der Waals surface area contributed by atoms with Crippen LogP contribution in [0.5, 0.6) is 11.6 Å². The normalized spacial score (nSPS) is 11.9. The molecule has 10 nitrogen and oxygen atoms in total. The highest BCUT2D eigenvalue weighted by Crippen LogP contribution is 2.39. The van der Waals surface area contributed by atoms with Crippen LogP contribution < -0.4 is 15.8 Å². The van der Waals surface area contributed by atoms with E-state index >= 15 is 0 Å². The van der Waals surface area contributed by atoms with Gasteiger partial charge in [-0.2, -0.15) is 0 Å². The smallest absolute Gasteiger partial charge is 0.434 e. The molecular formula is C16H12Cl3N5O5. The number of anilines is 1. The van der Waals surface area contributed by atoms with E-state index in [-0.39, 0.29) is 38.3 Å². The van der Waals surface area contributed by atoms with Gasteiger partial charge in [0.15, 0.2) is 10.9 Å². The van der Waals surface area contributed by atoms with E-state index in [1.807, 2.05) is 0 Å². The molecule has 1 aromatic carbocycles. The monoisotopic (exact) mass is 459 g/mol. The fraction of sp³-hybridized carbons (Fsp3) is 0.188. The maximum absolute atomic E-state index is 12.0. The number of hydrogen-bond donors (Lipinski definition) is 3. The van der Waals surface area contributed by atoms with Gasteiger partial charge >= 0.3 is 5.76 Å². The second kappa shape index (κ2) is 8.78. The van der Waals surface area contributed by atoms with E-state index in [1.165, 1.54) is 18.2 Å². The van der Waals surface area contributed by atoms with Crippen LogP contribution >= 0.6 is 34.8 Å². The summed E-state index contributed by atoms with van der Waals surface area (Å²) in [4.78, 5) is 25.0. The molecule has 2 heterocycles. The van der Waals surface area contributed by atoms with Gasteiger partial charge in [-0.1, -0.05) is 41.7 Å². The molecule has 0 saturated heterocycles. The van der Waals surface area contributed by atoms with Crippen LogP contribution in [0.1, 0.15) is 35.6 Å². The number of aromatic nitrogens is 4. The van der Waals surface area contributed by atoms with Crippen molar-refractivity contribution in [2.75, 3.05) is 5.32 Å². The molecule has 0 fully saturated rings. The first kappa shape index (κ1) is 21.1. The first-order chi connectivity index (χ1) is 13.8. The fourth-order valence-corrected chi connectivity index (χ4v) is 3.01. The maximum atomic E-state index is 12.0. The lowest BCUT2D eigenvalue weighted by atomic mass is 10.1. The van der Waals surface area contributed by atoms with Crippen LogP contribution in [0.15, 0.2) is 27.5 Å². The van der Waals surface area contributed by atoms with Crippen LogP contribution in [-0.4, -0.2) is 31.4 Å². The van der Waals surface area contributed by atoms with Crippen molar-refractivity contribution in [3.8, 4) is 11.6 Å². The lowest BCUT2D eigenvalue weighted by molar-refractivity contribution is 0.101. The molecule has 1 atom stereocenters. The van der Waals surface area contributed by atoms with E-state index in [0.717, 1.165) is 0 Å². The topological polar surface area (TPSA) is 143 Å². The summed E-state index contributed by atoms with van der Waals surface area (Å²) in [5.41, 5.74) is 0.558. The van der Waals surface area contributed by atoms with E-state index in [2.05, 4.69) is 30.2 Å². The zero-order valence-electron chi connectivity index (χ0n) is 14.6. The molecule has 0 bridgehead atoms. The number of aliphatic hydroxyl groups excluding tert-OH is 1. The molecule has 0 radical (unpaired) electrons. The Morgan fingerprint density at radius 1 is 1.28 bits per heavy atom. The average molecular weight is 461 g/mol. The largest absolute Gasteiger partial charge is 0.439 e. The Hall–Kier alpha value is -2.66. The average Bonchev–Trinajstić information content (AvgIpc) is 3.12. The summed E-state index contributed by atoms with van der Waals surface area (Å²) in [6.45, 7) is 1.78. The Balaban J connectivity index is 1.83. The van der Waals surface area contributed by atoms with Crippen molar-refractivity contribution in [1.29, 1.82) is 0 Å². The molecule has 152 valence electrons. The predicted octanol–water partition coefficient (Wildman–Crippen LogP) is 3.60. The number of nitrogens with zero attached hydrogens (tertiary/aromatic N) is 3. The van der Waals surface area contributed by atoms with Crippen LogP contribution in [0.4, 0.5) is 5.69 Å². The summed E-state index contributed by atoms with van der Waals surface area (Å²) in [5, 5.41) is 23.4. The van der Waals surface area contributed by atoms with E-state index in [1.54, 1.807) is 6.92 Å². The summed E-state index contributed by atoms with van der Waals surface area (Å²) in [6, 6.07) is 4.15. The third kappa shape index (κ3) is 4.85. The lowest BCUT2D eigenvalue weighted by Gasteiger charge is -2.13. The highest BCUT2D eigenvalue weighted by atomic mass is 35.5. The summed E-state index contributed by atoms with van der Waals surface area (Å²) >= 11 is 18.3. The molecule has 0 aliphatic carbocycles. The molecule has 29 heavy (non-hydrogen) atoms. The van der Waals surface area contributed by atoms with Crippen LogP contribution in [0.3, 0.4) is 0 Å². The zero-order chi connectivity index (χ0) is 21.1. The maximum Gasteiger partial charge on any atom is 0.439 e. The van der Waals surface area contributed by atoms with Gasteiger partial charge in [0.2, 0.25) is 11.7 Å². The third-order valence-electron chi connectivity index (χ3n) is 3.62. The zero-order valence-corrected chi connectivity index (χ0v) is 16.8. The summed E-state index contributed by atoms with van der Waals surface area (Å²) in [7, 11) is 0. The van der Waals surface area contributed by atoms with Crippen LogP contribution in [0.25, 0.3) is 0 Å². The molecule has 3 N–H and O–H groups in total. The number of rotatable bonds is 6. The van der Waals surface area contributed by atoms with Gasteiger partial charge in [-0.25, -0.2) is 4.79 Å². The van der Waals surface area contributed by atoms with Crippen molar-refractivity contribution in [1.82, 2.24) is 20.3 Å². The second-order valence-corrected chi connectivity index (χ2v) is 6.79. The Kier molecular flexibility index (Phi) is 6.38. The Bertz CT molecular complexity index is 1090. The minimum Gasteiger partial charge on any atom is -0.434 e. The van der Waals surface area contributed by atoms with Crippen molar-refractivity contribution in [2.24, 2.45) is 0 Å². The highest BCUT2D eigenvalue weighted by molar-refractivity contribution is 6.37. The molecule has 0 saturated carbocycles. The van der Waals surface area contributed by atoms with E-state index < -0.39 is 17.8 Å². The summed E-state index contributed by atoms with van der Waals surface area (Å²) in [6.07, 6.45) is -0.427. The highest BCUT2D eigenvalue weighted by Gasteiger charge is 2.18. The molecule has 2 aromatic heterocycles. The van der Waals surface area contributed by atoms with Crippen LogP contribution in [0.2, 0.25) is 15.2 Å². The van der Waals surface area contributed by atoms with Gasteiger partial charge in [0, 0.05) is 17.3 Å². The second-order valence-electron chi connectivity index (χ2n) is 5.62. The van der Waals surface area contributed by atoms with Gasteiger partial charge in [0.05, 0.1) is 16.1 Å². The van der Waals surface area contributed by atoms with E-state index in [4.69, 9.17) is 39.5 Å². The molecule has 0 aliphatic heterocycles. The van der Waals surface area contributed by atoms with Gasteiger partial charge < -0.3 is 15.2 Å². The molecule has 0 aliphatic rings. The molecule has 0 unspecified atom stereocenters. The van der Waals surface area contributed by atoms with Gasteiger partial charge in [0.25, 0.3) is 5.91 Å². The van der Waals surface area contributed by atoms with Crippen LogP contribution in [0, 0.1) is 0 Å². The number of halogens is 3. The van der Waals surface area contributed by atoms with Gasteiger partial charge in [-0.05, 0) is 23.7 Å². The number of amides is 1. The molecule has 0 spiro atoms. The number of aromatic amines is 1. The summed E-state index contributed by atoms with van der Waals surface area (Å²) < 4.78 is 9.85. The Morgan fingerprint density at radius 2 is 1.97 bits per heavy atom. The van der Waals surface area contributed by atoms with Crippen molar-refractivity contribution in [2.45, 2.75) is 19.4 Å². The van der Waals surface area contributed by atoms with Crippen molar-refractivity contribution in [3.05, 3.63) is 55.3 Å². The van der Waals surface area contributed by atoms with Crippen molar-refractivity contribution >= 4 is 46.4 Å². The molecule has 3 aromatic rings. The SMILES string of the molecule is CC[C@@H](O)c1cc(Oc2c(Cl)cc(NC(=O)c3noc(=O)[nH]3)cc2Cl)nnc1Cl. The first-order valence-corrected chi connectivity index (χ1v) is 9.17. The number of nitrogens with one attached hydrogen (secondary N) is 2. The fourth-order valence-electron chi connectivity index (χ4n) is 2.23. The Labute approximate surface area is 177 Å². The number of hydrogen-bond acceptors (Lipinski definition) is 8. The van der Waals surface area contributed by atoms with Crippen LogP contribution in [-0.2, 0) is 0 Å². The number of benzene rings is 1. The quantitative estimate of drug-likeness (QED) is 0.506. The number of carbonyl (C=O) groups excluding carboxylic acids is 1. The number of aliphatic hydroxyl groups is 1. The van der Waals surface area contributed by atoms with E-state index in [9.17, 15) is 14.7 Å². The minimum absolute atomic E-state index is 0.0117. The molecule has 1 amide bonds. The summed E-state index contributed by atoms with van der Waals surface area (Å²) in [5.74, 6) is -1.86. The molecular weight excluding hydrogens is 449 g/mol. The van der Waals surface area contributed by atoms with Crippen molar-refractivity contribution < 1.29 is 19.2 Å².